The number of likely N-dealkylation sites (tertiary alicyclic amines) is 2. The van der Waals surface area contributed by atoms with Crippen LogP contribution in [0.3, 0.4) is 0 Å². The third-order valence-corrected chi connectivity index (χ3v) is 16.8. The van der Waals surface area contributed by atoms with Crippen molar-refractivity contribution in [3.05, 3.63) is 104 Å². The van der Waals surface area contributed by atoms with E-state index in [0.29, 0.717) is 136 Å². The van der Waals surface area contributed by atoms with Crippen LogP contribution in [0.1, 0.15) is 62.5 Å². The fourth-order valence-electron chi connectivity index (χ4n) is 9.51. The van der Waals surface area contributed by atoms with E-state index in [1.807, 2.05) is 60.7 Å². The molecular weight excluding hydrogens is 982 g/mol. The number of carbonyl (C=O) groups is 4. The molecule has 0 saturated carbocycles. The van der Waals surface area contributed by atoms with Crippen molar-refractivity contribution >= 4 is 105 Å². The van der Waals surface area contributed by atoms with E-state index in [2.05, 4.69) is 9.80 Å². The van der Waals surface area contributed by atoms with Crippen LogP contribution in [-0.2, 0) is 19.2 Å². The van der Waals surface area contributed by atoms with Crippen molar-refractivity contribution < 1.29 is 39.6 Å². The molecule has 69 heavy (non-hydrogen) atoms. The average Bonchev–Trinajstić information content (AvgIpc) is 3.36. The first kappa shape index (κ1) is 50.7. The van der Waals surface area contributed by atoms with E-state index >= 15 is 0 Å². The van der Waals surface area contributed by atoms with Crippen molar-refractivity contribution in [3.8, 4) is 22.3 Å². The first-order chi connectivity index (χ1) is 33.1. The summed E-state index contributed by atoms with van der Waals surface area (Å²) in [6.07, 6.45) is 9.46. The summed E-state index contributed by atoms with van der Waals surface area (Å²) in [5, 5.41) is 40.2. The SMILES string of the molecule is O=C(O)C1CCN(c2cccc(-c3cc(Sc4cc(-c5cccc(N6CCC(C(=O)O)CC6)c5)c(/C=C/C(=O)N5CCC(O)CC5)c(Cl)c4Cl)c(Cl)c(Cl)c3/C=C/C(=O)N3CCC(O)CC3)c2)CC1. The molecule has 4 aromatic carbocycles. The number of rotatable bonds is 12. The molecule has 4 aromatic rings. The van der Waals surface area contributed by atoms with Crippen LogP contribution in [0.2, 0.25) is 20.1 Å². The zero-order valence-electron chi connectivity index (χ0n) is 37.8. The fourth-order valence-corrected chi connectivity index (χ4v) is 11.7. The zero-order chi connectivity index (χ0) is 48.9. The second-order valence-electron chi connectivity index (χ2n) is 18.1. The highest BCUT2D eigenvalue weighted by atomic mass is 35.5. The van der Waals surface area contributed by atoms with Gasteiger partial charge in [0.05, 0.1) is 44.1 Å². The van der Waals surface area contributed by atoms with Crippen molar-refractivity contribution in [2.75, 3.05) is 62.2 Å². The predicted molar refractivity (Wildman–Crippen MR) is 275 cm³/mol. The Bertz CT molecular complexity index is 2470. The maximum absolute atomic E-state index is 13.5. The van der Waals surface area contributed by atoms with Gasteiger partial charge in [0.2, 0.25) is 11.8 Å². The van der Waals surface area contributed by atoms with Crippen molar-refractivity contribution in [1.82, 2.24) is 9.80 Å². The largest absolute Gasteiger partial charge is 0.481 e. The number of benzene rings is 4. The van der Waals surface area contributed by atoms with E-state index in [9.17, 15) is 39.6 Å². The molecule has 4 fully saturated rings. The van der Waals surface area contributed by atoms with E-state index in [1.54, 1.807) is 22.0 Å². The van der Waals surface area contributed by atoms with Crippen LogP contribution in [-0.4, -0.2) is 119 Å². The number of hydrogen-bond donors (Lipinski definition) is 4. The number of hydrogen-bond acceptors (Lipinski definition) is 9. The van der Waals surface area contributed by atoms with Crippen LogP contribution in [0.15, 0.2) is 82.6 Å². The number of aliphatic hydroxyl groups excluding tert-OH is 2. The van der Waals surface area contributed by atoms with E-state index in [-0.39, 0.29) is 31.9 Å². The topological polar surface area (TPSA) is 162 Å². The molecule has 12 nitrogen and oxygen atoms in total. The van der Waals surface area contributed by atoms with Crippen molar-refractivity contribution in [3.63, 3.8) is 0 Å². The number of anilines is 2. The number of carboxylic acid groups (broad SMARTS) is 2. The third-order valence-electron chi connectivity index (χ3n) is 13.7. The molecule has 4 N–H and O–H groups in total. The van der Waals surface area contributed by atoms with Crippen molar-refractivity contribution in [2.45, 2.75) is 73.4 Å². The average molecular weight is 1040 g/mol. The van der Waals surface area contributed by atoms with Crippen molar-refractivity contribution in [2.24, 2.45) is 11.8 Å². The Morgan fingerprint density at radius 2 is 0.870 bits per heavy atom. The summed E-state index contributed by atoms with van der Waals surface area (Å²) < 4.78 is 0. The summed E-state index contributed by atoms with van der Waals surface area (Å²) in [6, 6.07) is 19.6. The molecule has 4 aliphatic rings. The minimum atomic E-state index is -0.788. The standard InChI is InChI=1S/C52H54Cl4N4O8S/c53-47-39(7-9-45(63)59-23-15-37(61)16-24-59)41(33-3-1-5-35(27-33)57-19-11-31(12-20-57)51(65)66)29-43(49(47)55)69-44-30-42(34-4-2-6-36(28-34)58-21-13-32(14-22-58)52(67)68)40(48(54)50(44)56)8-10-46(64)60-25-17-38(62)18-26-60/h1-10,27-32,37-38,61-62H,11-26H2,(H,65,66)(H,67,68)/b9-7+,10-8+. The molecule has 0 atom stereocenters. The van der Waals surface area contributed by atoms with Gasteiger partial charge in [-0.2, -0.15) is 0 Å². The molecule has 0 unspecified atom stereocenters. The van der Waals surface area contributed by atoms with E-state index in [0.717, 1.165) is 22.5 Å². The lowest BCUT2D eigenvalue weighted by molar-refractivity contribution is -0.143. The Hall–Kier alpha value is -4.73. The van der Waals surface area contributed by atoms with Crippen LogP contribution in [0.25, 0.3) is 34.4 Å². The molecule has 4 aliphatic heterocycles. The van der Waals surface area contributed by atoms with Crippen molar-refractivity contribution in [1.29, 1.82) is 0 Å². The molecule has 364 valence electrons. The van der Waals surface area contributed by atoms with Crippen LogP contribution in [0.4, 0.5) is 11.4 Å². The van der Waals surface area contributed by atoms with Gasteiger partial charge in [0.25, 0.3) is 0 Å². The molecule has 0 bridgehead atoms. The minimum Gasteiger partial charge on any atom is -0.481 e. The van der Waals surface area contributed by atoms with Crippen LogP contribution < -0.4 is 9.80 Å². The minimum absolute atomic E-state index is 0.201. The number of piperidine rings is 4. The smallest absolute Gasteiger partial charge is 0.306 e. The number of carbonyl (C=O) groups excluding carboxylic acids is 2. The Labute approximate surface area is 426 Å². The summed E-state index contributed by atoms with van der Waals surface area (Å²) in [7, 11) is 0. The molecule has 0 radical (unpaired) electrons. The molecule has 17 heteroatoms. The summed E-state index contributed by atoms with van der Waals surface area (Å²) in [5.74, 6) is -2.81. The van der Waals surface area contributed by atoms with Gasteiger partial charge in [0, 0.05) is 96.8 Å². The highest BCUT2D eigenvalue weighted by Crippen LogP contribution is 2.49. The summed E-state index contributed by atoms with van der Waals surface area (Å²) in [5.41, 5.74) is 5.76. The fraction of sp³-hybridized carbons (Fsp3) is 0.385. The van der Waals surface area contributed by atoms with Gasteiger partial charge < -0.3 is 40.0 Å². The van der Waals surface area contributed by atoms with Gasteiger partial charge in [-0.05, 0) is 122 Å². The number of aliphatic hydroxyl groups is 2. The van der Waals surface area contributed by atoms with Crippen LogP contribution in [0.5, 0.6) is 0 Å². The number of nitrogens with zero attached hydrogens (tertiary/aromatic N) is 4. The van der Waals surface area contributed by atoms with Gasteiger partial charge in [-0.25, -0.2) is 0 Å². The van der Waals surface area contributed by atoms with E-state index in [1.165, 1.54) is 23.9 Å². The lowest BCUT2D eigenvalue weighted by atomic mass is 9.95. The molecule has 0 aliphatic carbocycles. The molecule has 0 spiro atoms. The first-order valence-corrected chi connectivity index (χ1v) is 25.7. The quantitative estimate of drug-likeness (QED) is 0.1000. The maximum atomic E-state index is 13.5. The zero-order valence-corrected chi connectivity index (χ0v) is 41.7. The molecule has 0 aromatic heterocycles. The summed E-state index contributed by atoms with van der Waals surface area (Å²) in [6.45, 7) is 4.01. The van der Waals surface area contributed by atoms with Crippen LogP contribution >= 0.6 is 58.2 Å². The monoisotopic (exact) mass is 1030 g/mol. The molecule has 2 amide bonds. The normalized spacial score (nSPS) is 18.2. The van der Waals surface area contributed by atoms with Gasteiger partial charge in [0.15, 0.2) is 0 Å². The Morgan fingerprint density at radius 1 is 0.507 bits per heavy atom. The second kappa shape index (κ2) is 22.6. The van der Waals surface area contributed by atoms with E-state index in [4.69, 9.17) is 46.4 Å². The summed E-state index contributed by atoms with van der Waals surface area (Å²) >= 11 is 30.2. The molecule has 8 rings (SSSR count). The van der Waals surface area contributed by atoms with Gasteiger partial charge in [0.1, 0.15) is 0 Å². The molecule has 4 heterocycles. The van der Waals surface area contributed by atoms with Crippen LogP contribution in [0, 0.1) is 11.8 Å². The predicted octanol–water partition coefficient (Wildman–Crippen LogP) is 10.4. The number of carboxylic acids is 2. The van der Waals surface area contributed by atoms with Gasteiger partial charge in [-0.15, -0.1) is 0 Å². The maximum Gasteiger partial charge on any atom is 0.306 e. The van der Waals surface area contributed by atoms with Gasteiger partial charge >= 0.3 is 11.9 Å². The number of amides is 2. The number of halogens is 4. The third kappa shape index (κ3) is 11.9. The second-order valence-corrected chi connectivity index (χ2v) is 20.7. The summed E-state index contributed by atoms with van der Waals surface area (Å²) in [4.78, 5) is 59.2. The number of aliphatic carboxylic acids is 2. The highest BCUT2D eigenvalue weighted by Gasteiger charge is 2.28. The molecule has 4 saturated heterocycles. The lowest BCUT2D eigenvalue weighted by Crippen LogP contribution is -2.39. The Kier molecular flexibility index (Phi) is 16.6. The Balaban J connectivity index is 1.19. The first-order valence-electron chi connectivity index (χ1n) is 23.3. The highest BCUT2D eigenvalue weighted by molar-refractivity contribution is 7.99. The van der Waals surface area contributed by atoms with Gasteiger partial charge in [-0.3, -0.25) is 19.2 Å². The Morgan fingerprint density at radius 3 is 1.22 bits per heavy atom. The van der Waals surface area contributed by atoms with E-state index < -0.39 is 36.0 Å². The lowest BCUT2D eigenvalue weighted by Gasteiger charge is -2.32. The van der Waals surface area contributed by atoms with Gasteiger partial charge in [-0.1, -0.05) is 82.4 Å². The molecular formula is C52H54Cl4N4O8S.